The molecule has 4 N–H and O–H groups in total. The maximum Gasteiger partial charge on any atom is 0.306 e. The molecule has 4 heteroatoms. The highest BCUT2D eigenvalue weighted by atomic mass is 16.4. The number of hydrogen-bond donors (Lipinski definition) is 3. The minimum atomic E-state index is -0.671. The van der Waals surface area contributed by atoms with Crippen LogP contribution >= 0.6 is 0 Å². The third-order valence-electron chi connectivity index (χ3n) is 1.33. The molecule has 0 aromatic rings. The summed E-state index contributed by atoms with van der Waals surface area (Å²) in [4.78, 5) is 10.2. The SMILES string of the molecule is CCC(CC)C(=O)O.NO. The molecular formula is C6H15NO3. The monoisotopic (exact) mass is 149 g/mol. The summed E-state index contributed by atoms with van der Waals surface area (Å²) in [6.07, 6.45) is 1.48. The molecule has 0 aliphatic heterocycles. The summed E-state index contributed by atoms with van der Waals surface area (Å²) in [5.74, 6) is 2.70. The lowest BCUT2D eigenvalue weighted by molar-refractivity contribution is -0.141. The predicted octanol–water partition coefficient (Wildman–Crippen LogP) is 0.842. The molecule has 10 heavy (non-hydrogen) atoms. The van der Waals surface area contributed by atoms with Crippen LogP contribution in [0.1, 0.15) is 26.7 Å². The van der Waals surface area contributed by atoms with Gasteiger partial charge in [-0.1, -0.05) is 13.8 Å². The van der Waals surface area contributed by atoms with Crippen LogP contribution in [0.5, 0.6) is 0 Å². The third kappa shape index (κ3) is 5.53. The van der Waals surface area contributed by atoms with Crippen molar-refractivity contribution in [1.82, 2.24) is 0 Å². The zero-order valence-electron chi connectivity index (χ0n) is 6.37. The largest absolute Gasteiger partial charge is 0.481 e. The second-order valence-corrected chi connectivity index (χ2v) is 1.85. The van der Waals surface area contributed by atoms with Crippen LogP contribution in [-0.2, 0) is 4.79 Å². The third-order valence-corrected chi connectivity index (χ3v) is 1.33. The molecule has 4 nitrogen and oxygen atoms in total. The number of nitrogens with two attached hydrogens (primary N) is 1. The van der Waals surface area contributed by atoms with E-state index in [1.54, 1.807) is 0 Å². The maximum atomic E-state index is 10.2. The highest BCUT2D eigenvalue weighted by Gasteiger charge is 2.10. The van der Waals surface area contributed by atoms with Crippen molar-refractivity contribution < 1.29 is 15.1 Å². The molecule has 0 aromatic carbocycles. The quantitative estimate of drug-likeness (QED) is 0.519. The molecule has 0 spiro atoms. The van der Waals surface area contributed by atoms with E-state index < -0.39 is 5.97 Å². The van der Waals surface area contributed by atoms with Gasteiger partial charge < -0.3 is 10.3 Å². The molecule has 0 fully saturated rings. The molecular weight excluding hydrogens is 134 g/mol. The van der Waals surface area contributed by atoms with Gasteiger partial charge in [-0.05, 0) is 12.8 Å². The first kappa shape index (κ1) is 12.1. The van der Waals surface area contributed by atoms with Crippen LogP contribution in [-0.4, -0.2) is 16.3 Å². The predicted molar refractivity (Wildman–Crippen MR) is 37.7 cm³/mol. The summed E-state index contributed by atoms with van der Waals surface area (Å²) >= 11 is 0. The van der Waals surface area contributed by atoms with Gasteiger partial charge in [-0.3, -0.25) is 4.79 Å². The summed E-state index contributed by atoms with van der Waals surface area (Å²) in [7, 11) is 0. The lowest BCUT2D eigenvalue weighted by Crippen LogP contribution is -2.10. The normalized spacial score (nSPS) is 8.50. The summed E-state index contributed by atoms with van der Waals surface area (Å²) in [6.45, 7) is 3.78. The van der Waals surface area contributed by atoms with Crippen molar-refractivity contribution in [1.29, 1.82) is 0 Å². The lowest BCUT2D eigenvalue weighted by atomic mass is 10.1. The van der Waals surface area contributed by atoms with Crippen LogP contribution in [0.4, 0.5) is 0 Å². The first-order chi connectivity index (χ1) is 4.72. The maximum absolute atomic E-state index is 10.2. The topological polar surface area (TPSA) is 83.5 Å². The van der Waals surface area contributed by atoms with Crippen LogP contribution in [0.2, 0.25) is 0 Å². The van der Waals surface area contributed by atoms with Gasteiger partial charge in [0.25, 0.3) is 0 Å². The summed E-state index contributed by atoms with van der Waals surface area (Å²) in [5, 5.41) is 14.9. The Morgan fingerprint density at radius 1 is 1.40 bits per heavy atom. The van der Waals surface area contributed by atoms with E-state index in [2.05, 4.69) is 5.90 Å². The van der Waals surface area contributed by atoms with Gasteiger partial charge in [0.1, 0.15) is 0 Å². The Hall–Kier alpha value is -0.610. The summed E-state index contributed by atoms with van der Waals surface area (Å²) in [6, 6.07) is 0. The molecule has 0 rings (SSSR count). The molecule has 0 amide bonds. The Morgan fingerprint density at radius 3 is 1.70 bits per heavy atom. The van der Waals surface area contributed by atoms with Gasteiger partial charge >= 0.3 is 5.97 Å². The Kier molecular flexibility index (Phi) is 10.2. The Morgan fingerprint density at radius 2 is 1.70 bits per heavy atom. The van der Waals surface area contributed by atoms with E-state index in [-0.39, 0.29) is 5.92 Å². The van der Waals surface area contributed by atoms with Crippen molar-refractivity contribution in [2.45, 2.75) is 26.7 Å². The molecule has 0 radical (unpaired) electrons. The van der Waals surface area contributed by atoms with Crippen LogP contribution in [0.15, 0.2) is 0 Å². The van der Waals surface area contributed by atoms with Gasteiger partial charge in [0.15, 0.2) is 0 Å². The average molecular weight is 149 g/mol. The molecule has 0 saturated carbocycles. The van der Waals surface area contributed by atoms with Gasteiger partial charge in [-0.25, -0.2) is 5.90 Å². The molecule has 0 saturated heterocycles. The van der Waals surface area contributed by atoms with Crippen molar-refractivity contribution in [3.63, 3.8) is 0 Å². The Balaban J connectivity index is 0. The summed E-state index contributed by atoms with van der Waals surface area (Å²) < 4.78 is 0. The highest BCUT2D eigenvalue weighted by Crippen LogP contribution is 2.05. The van der Waals surface area contributed by atoms with Crippen LogP contribution in [0.3, 0.4) is 0 Å². The molecule has 0 aliphatic carbocycles. The van der Waals surface area contributed by atoms with E-state index >= 15 is 0 Å². The van der Waals surface area contributed by atoms with Crippen molar-refractivity contribution in [3.8, 4) is 0 Å². The summed E-state index contributed by atoms with van der Waals surface area (Å²) in [5.41, 5.74) is 0. The molecule has 62 valence electrons. The van der Waals surface area contributed by atoms with Crippen molar-refractivity contribution >= 4 is 5.97 Å². The second-order valence-electron chi connectivity index (χ2n) is 1.85. The molecule has 0 aromatic heterocycles. The molecule has 0 unspecified atom stereocenters. The van der Waals surface area contributed by atoms with Crippen molar-refractivity contribution in [2.24, 2.45) is 11.8 Å². The fourth-order valence-electron chi connectivity index (χ4n) is 0.638. The van der Waals surface area contributed by atoms with E-state index in [9.17, 15) is 4.79 Å². The second kappa shape index (κ2) is 8.39. The average Bonchev–Trinajstić information content (AvgIpc) is 1.94. The van der Waals surface area contributed by atoms with Gasteiger partial charge in [0, 0.05) is 0 Å². The van der Waals surface area contributed by atoms with Crippen LogP contribution < -0.4 is 5.90 Å². The first-order valence-electron chi connectivity index (χ1n) is 3.21. The molecule has 0 heterocycles. The number of hydrogen-bond acceptors (Lipinski definition) is 3. The van der Waals surface area contributed by atoms with Gasteiger partial charge in [-0.15, -0.1) is 0 Å². The number of carboxylic acids is 1. The zero-order valence-corrected chi connectivity index (χ0v) is 6.37. The first-order valence-corrected chi connectivity index (χ1v) is 3.21. The number of rotatable bonds is 3. The van der Waals surface area contributed by atoms with Gasteiger partial charge in [0.2, 0.25) is 0 Å². The molecule has 0 atom stereocenters. The number of aliphatic carboxylic acids is 1. The van der Waals surface area contributed by atoms with E-state index in [1.807, 2.05) is 13.8 Å². The molecule has 0 aliphatic rings. The smallest absolute Gasteiger partial charge is 0.306 e. The minimum absolute atomic E-state index is 0.130. The van der Waals surface area contributed by atoms with Gasteiger partial charge in [-0.2, -0.15) is 0 Å². The Bertz CT molecular complexity index is 81.1. The van der Waals surface area contributed by atoms with Crippen molar-refractivity contribution in [3.05, 3.63) is 0 Å². The van der Waals surface area contributed by atoms with E-state index in [0.29, 0.717) is 0 Å². The van der Waals surface area contributed by atoms with E-state index in [4.69, 9.17) is 10.3 Å². The lowest BCUT2D eigenvalue weighted by Gasteiger charge is -2.02. The fourth-order valence-corrected chi connectivity index (χ4v) is 0.638. The number of carboxylic acid groups (broad SMARTS) is 1. The molecule has 0 bridgehead atoms. The standard InChI is InChI=1S/C6H12O2.H3NO/c1-3-5(4-2)6(7)8;1-2/h5H,3-4H2,1-2H3,(H,7,8);2H,1H2. The van der Waals surface area contributed by atoms with E-state index in [1.165, 1.54) is 0 Å². The fraction of sp³-hybridized carbons (Fsp3) is 0.833. The van der Waals surface area contributed by atoms with Crippen molar-refractivity contribution in [2.75, 3.05) is 0 Å². The zero-order chi connectivity index (χ0) is 8.57. The highest BCUT2D eigenvalue weighted by molar-refractivity contribution is 5.69. The minimum Gasteiger partial charge on any atom is -0.481 e. The van der Waals surface area contributed by atoms with Crippen LogP contribution in [0, 0.1) is 5.92 Å². The van der Waals surface area contributed by atoms with Crippen LogP contribution in [0.25, 0.3) is 0 Å². The Labute approximate surface area is 60.6 Å². The van der Waals surface area contributed by atoms with E-state index in [0.717, 1.165) is 12.8 Å². The number of carbonyl (C=O) groups is 1. The van der Waals surface area contributed by atoms with Gasteiger partial charge in [0.05, 0.1) is 5.92 Å².